The molecule has 4 heterocycles. The number of carbonyl (C=O) groups is 1. The van der Waals surface area contributed by atoms with E-state index in [1.54, 1.807) is 30.5 Å². The number of aromatic amines is 1. The fourth-order valence-electron chi connectivity index (χ4n) is 3.33. The number of halogens is 3. The molecule has 0 fully saturated rings. The molecular weight excluding hydrogens is 447 g/mol. The molecule has 5 aromatic rings. The van der Waals surface area contributed by atoms with Crippen molar-refractivity contribution in [3.8, 4) is 11.3 Å². The normalized spacial score (nSPS) is 12.0. The summed E-state index contributed by atoms with van der Waals surface area (Å²) in [6, 6.07) is 7.18. The minimum Gasteiger partial charge on any atom is -0.408 e. The van der Waals surface area contributed by atoms with Gasteiger partial charge >= 0.3 is 11.9 Å². The highest BCUT2D eigenvalue weighted by molar-refractivity contribution is 7.14. The molecule has 1 aromatic carbocycles. The summed E-state index contributed by atoms with van der Waals surface area (Å²) >= 11 is 1.15. The number of H-pyrrole nitrogens is 1. The molecule has 0 spiro atoms. The van der Waals surface area contributed by atoms with Gasteiger partial charge in [0.15, 0.2) is 10.7 Å². The average molecular weight is 459 g/mol. The Balaban J connectivity index is 1.45. The van der Waals surface area contributed by atoms with Crippen molar-refractivity contribution in [2.24, 2.45) is 0 Å². The molecule has 0 radical (unpaired) electrons. The standard InChI is InChI=1S/C20H12F3N5O3S/c1-9-16(28-7-11(20(21,22)23)3-5-15(28)24-9)17(29)27-18-25-13(8-32-18)10-2-4-12-14(6-10)31-19(30)26-12/h2-8H,1H3,(H,26,30)(H,25,27,29). The Bertz CT molecular complexity index is 1560. The summed E-state index contributed by atoms with van der Waals surface area (Å²) in [4.78, 5) is 35.2. The van der Waals surface area contributed by atoms with E-state index < -0.39 is 23.4 Å². The molecule has 0 aliphatic heterocycles. The fraction of sp³-hybridized carbons (Fsp3) is 0.100. The first-order chi connectivity index (χ1) is 15.2. The Morgan fingerprint density at radius 2 is 2.03 bits per heavy atom. The second-order valence-corrected chi connectivity index (χ2v) is 7.77. The van der Waals surface area contributed by atoms with Gasteiger partial charge in [-0.25, -0.2) is 14.8 Å². The number of fused-ring (bicyclic) bond motifs is 2. The number of anilines is 1. The molecular formula is C20H12F3N5O3S. The Labute approximate surface area is 180 Å². The van der Waals surface area contributed by atoms with E-state index in [2.05, 4.69) is 20.3 Å². The summed E-state index contributed by atoms with van der Waals surface area (Å²) in [6.07, 6.45) is -3.71. The Morgan fingerprint density at radius 1 is 1.22 bits per heavy atom. The highest BCUT2D eigenvalue weighted by Crippen LogP contribution is 2.30. The average Bonchev–Trinajstić information content (AvgIpc) is 3.41. The fourth-order valence-corrected chi connectivity index (χ4v) is 4.04. The van der Waals surface area contributed by atoms with Crippen molar-refractivity contribution in [1.82, 2.24) is 19.4 Å². The number of amides is 1. The van der Waals surface area contributed by atoms with Crippen LogP contribution in [0.25, 0.3) is 28.0 Å². The van der Waals surface area contributed by atoms with Gasteiger partial charge in [-0.05, 0) is 31.2 Å². The van der Waals surface area contributed by atoms with Gasteiger partial charge in [0.05, 0.1) is 22.5 Å². The van der Waals surface area contributed by atoms with Crippen molar-refractivity contribution in [3.05, 3.63) is 69.4 Å². The Morgan fingerprint density at radius 3 is 2.81 bits per heavy atom. The molecule has 12 heteroatoms. The lowest BCUT2D eigenvalue weighted by molar-refractivity contribution is -0.137. The summed E-state index contributed by atoms with van der Waals surface area (Å²) in [5, 5.41) is 4.56. The van der Waals surface area contributed by atoms with Gasteiger partial charge < -0.3 is 4.42 Å². The molecule has 0 saturated carbocycles. The first kappa shape index (κ1) is 20.0. The largest absolute Gasteiger partial charge is 0.417 e. The number of aryl methyl sites for hydroxylation is 1. The number of nitrogens with one attached hydrogen (secondary N) is 2. The van der Waals surface area contributed by atoms with Crippen LogP contribution in [-0.2, 0) is 6.18 Å². The lowest BCUT2D eigenvalue weighted by atomic mass is 10.1. The van der Waals surface area contributed by atoms with Gasteiger partial charge in [0.2, 0.25) is 0 Å². The smallest absolute Gasteiger partial charge is 0.408 e. The first-order valence-corrected chi connectivity index (χ1v) is 10.0. The quantitative estimate of drug-likeness (QED) is 0.414. The van der Waals surface area contributed by atoms with E-state index >= 15 is 0 Å². The predicted octanol–water partition coefficient (Wildman–Crippen LogP) is 4.47. The van der Waals surface area contributed by atoms with Crippen LogP contribution in [0.1, 0.15) is 21.7 Å². The Kier molecular flexibility index (Phi) is 4.41. The predicted molar refractivity (Wildman–Crippen MR) is 111 cm³/mol. The highest BCUT2D eigenvalue weighted by Gasteiger charge is 2.31. The van der Waals surface area contributed by atoms with Crippen LogP contribution in [0.5, 0.6) is 0 Å². The zero-order chi connectivity index (χ0) is 22.6. The van der Waals surface area contributed by atoms with Crippen LogP contribution < -0.4 is 11.1 Å². The maximum absolute atomic E-state index is 13.1. The molecule has 2 N–H and O–H groups in total. The zero-order valence-electron chi connectivity index (χ0n) is 16.1. The molecule has 162 valence electrons. The van der Waals surface area contributed by atoms with Crippen molar-refractivity contribution >= 4 is 39.1 Å². The van der Waals surface area contributed by atoms with Crippen LogP contribution in [0.2, 0.25) is 0 Å². The van der Waals surface area contributed by atoms with Crippen molar-refractivity contribution in [2.75, 3.05) is 5.32 Å². The van der Waals surface area contributed by atoms with Gasteiger partial charge in [-0.15, -0.1) is 11.3 Å². The number of rotatable bonds is 3. The van der Waals surface area contributed by atoms with Crippen LogP contribution in [0.15, 0.2) is 51.1 Å². The van der Waals surface area contributed by atoms with Crippen molar-refractivity contribution < 1.29 is 22.4 Å². The second kappa shape index (κ2) is 7.05. The number of alkyl halides is 3. The third-order valence-electron chi connectivity index (χ3n) is 4.78. The van der Waals surface area contributed by atoms with Gasteiger partial charge in [0.1, 0.15) is 11.3 Å². The topological polar surface area (TPSA) is 105 Å². The number of aromatic nitrogens is 4. The van der Waals surface area contributed by atoms with Crippen LogP contribution >= 0.6 is 11.3 Å². The molecule has 0 saturated heterocycles. The zero-order valence-corrected chi connectivity index (χ0v) is 17.0. The summed E-state index contributed by atoms with van der Waals surface area (Å²) in [7, 11) is 0. The summed E-state index contributed by atoms with van der Waals surface area (Å²) in [6.45, 7) is 1.54. The van der Waals surface area contributed by atoms with Crippen molar-refractivity contribution in [1.29, 1.82) is 0 Å². The SMILES string of the molecule is Cc1nc2ccc(C(F)(F)F)cn2c1C(=O)Nc1nc(-c2ccc3[nH]c(=O)oc3c2)cs1. The summed E-state index contributed by atoms with van der Waals surface area (Å²) in [5.41, 5.74) is 1.71. The minimum atomic E-state index is -4.55. The lowest BCUT2D eigenvalue weighted by Crippen LogP contribution is -2.16. The number of imidazole rings is 1. The van der Waals surface area contributed by atoms with Gasteiger partial charge in [-0.1, -0.05) is 6.07 Å². The van der Waals surface area contributed by atoms with E-state index in [0.717, 1.165) is 28.0 Å². The maximum atomic E-state index is 13.1. The number of carbonyl (C=O) groups excluding carboxylic acids is 1. The monoisotopic (exact) mass is 459 g/mol. The lowest BCUT2D eigenvalue weighted by Gasteiger charge is -2.08. The van der Waals surface area contributed by atoms with E-state index in [-0.39, 0.29) is 22.2 Å². The number of hydrogen-bond acceptors (Lipinski definition) is 6. The number of pyridine rings is 1. The number of hydrogen-bond donors (Lipinski definition) is 2. The van der Waals surface area contributed by atoms with Gasteiger partial charge in [-0.3, -0.25) is 19.5 Å². The molecule has 0 aliphatic carbocycles. The number of thiazole rings is 1. The van der Waals surface area contributed by atoms with Crippen molar-refractivity contribution in [2.45, 2.75) is 13.1 Å². The van der Waals surface area contributed by atoms with E-state index in [1.807, 2.05) is 0 Å². The summed E-state index contributed by atoms with van der Waals surface area (Å²) < 4.78 is 45.4. The summed E-state index contributed by atoms with van der Waals surface area (Å²) in [5.74, 6) is -1.21. The van der Waals surface area contributed by atoms with Gasteiger partial charge in [0, 0.05) is 17.1 Å². The van der Waals surface area contributed by atoms with E-state index in [0.29, 0.717) is 22.4 Å². The molecule has 5 rings (SSSR count). The highest BCUT2D eigenvalue weighted by atomic mass is 32.1. The number of benzene rings is 1. The van der Waals surface area contributed by atoms with Crippen LogP contribution in [0.3, 0.4) is 0 Å². The van der Waals surface area contributed by atoms with Crippen molar-refractivity contribution in [3.63, 3.8) is 0 Å². The minimum absolute atomic E-state index is 0.0154. The molecule has 4 aromatic heterocycles. The van der Waals surface area contributed by atoms with E-state index in [1.165, 1.54) is 6.07 Å². The third kappa shape index (κ3) is 3.43. The molecule has 32 heavy (non-hydrogen) atoms. The van der Waals surface area contributed by atoms with Gasteiger partial charge in [0.25, 0.3) is 5.91 Å². The molecule has 0 aliphatic rings. The van der Waals surface area contributed by atoms with E-state index in [9.17, 15) is 22.8 Å². The third-order valence-corrected chi connectivity index (χ3v) is 5.53. The van der Waals surface area contributed by atoms with E-state index in [4.69, 9.17) is 4.42 Å². The number of oxazole rings is 1. The van der Waals surface area contributed by atoms with Gasteiger partial charge in [-0.2, -0.15) is 13.2 Å². The molecule has 0 unspecified atom stereocenters. The Hall–Kier alpha value is -3.93. The van der Waals surface area contributed by atoms with Crippen LogP contribution in [0.4, 0.5) is 18.3 Å². The first-order valence-electron chi connectivity index (χ1n) is 9.15. The maximum Gasteiger partial charge on any atom is 0.417 e. The molecule has 0 bridgehead atoms. The molecule has 1 amide bonds. The molecule has 8 nitrogen and oxygen atoms in total. The van der Waals surface area contributed by atoms with Crippen LogP contribution in [0, 0.1) is 6.92 Å². The molecule has 0 atom stereocenters. The van der Waals surface area contributed by atoms with Crippen LogP contribution in [-0.4, -0.2) is 25.3 Å². The second-order valence-electron chi connectivity index (χ2n) is 6.91. The number of nitrogens with zero attached hydrogens (tertiary/aromatic N) is 3.